The van der Waals surface area contributed by atoms with Crippen LogP contribution in [0.5, 0.6) is 0 Å². The maximum absolute atomic E-state index is 13.5. The molecule has 27 heavy (non-hydrogen) atoms. The Balaban J connectivity index is 1.69. The van der Waals surface area contributed by atoms with Gasteiger partial charge in [0.1, 0.15) is 11.6 Å². The van der Waals surface area contributed by atoms with E-state index in [2.05, 4.69) is 16.0 Å². The SMILES string of the molecule is CC(OC(=O)CCNC(=O)c1ccc(F)cc1F)C(=O)NC(=O)NC1CC1. The molecule has 8 nitrogen and oxygen atoms in total. The van der Waals surface area contributed by atoms with E-state index >= 15 is 0 Å². The topological polar surface area (TPSA) is 114 Å². The first-order chi connectivity index (χ1) is 12.8. The molecule has 1 fully saturated rings. The molecule has 0 aromatic heterocycles. The number of ether oxygens (including phenoxy) is 1. The van der Waals surface area contributed by atoms with Gasteiger partial charge in [0.15, 0.2) is 6.10 Å². The van der Waals surface area contributed by atoms with Gasteiger partial charge in [-0.25, -0.2) is 13.6 Å². The van der Waals surface area contributed by atoms with E-state index in [1.165, 1.54) is 6.92 Å². The van der Waals surface area contributed by atoms with Crippen LogP contribution in [0.15, 0.2) is 18.2 Å². The molecule has 1 aliphatic carbocycles. The molecule has 0 bridgehead atoms. The summed E-state index contributed by atoms with van der Waals surface area (Å²) in [7, 11) is 0. The minimum Gasteiger partial charge on any atom is -0.452 e. The largest absolute Gasteiger partial charge is 0.452 e. The highest BCUT2D eigenvalue weighted by molar-refractivity contribution is 5.97. The molecule has 1 saturated carbocycles. The predicted octanol–water partition coefficient (Wildman–Crippen LogP) is 1.00. The van der Waals surface area contributed by atoms with Crippen LogP contribution in [0.3, 0.4) is 0 Å². The minimum atomic E-state index is -1.20. The Hall–Kier alpha value is -3.04. The fourth-order valence-electron chi connectivity index (χ4n) is 2.02. The zero-order chi connectivity index (χ0) is 20.0. The fourth-order valence-corrected chi connectivity index (χ4v) is 2.02. The summed E-state index contributed by atoms with van der Waals surface area (Å²) in [5.41, 5.74) is -0.362. The Labute approximate surface area is 153 Å². The lowest BCUT2D eigenvalue weighted by molar-refractivity contribution is -0.154. The molecule has 0 aliphatic heterocycles. The Morgan fingerprint density at radius 1 is 1.22 bits per heavy atom. The van der Waals surface area contributed by atoms with Gasteiger partial charge in [0.2, 0.25) is 0 Å². The summed E-state index contributed by atoms with van der Waals surface area (Å²) in [4.78, 5) is 46.6. The highest BCUT2D eigenvalue weighted by atomic mass is 19.1. The van der Waals surface area contributed by atoms with Crippen LogP contribution in [-0.2, 0) is 14.3 Å². The maximum Gasteiger partial charge on any atom is 0.321 e. The Morgan fingerprint density at radius 3 is 2.56 bits per heavy atom. The van der Waals surface area contributed by atoms with Crippen molar-refractivity contribution in [1.82, 2.24) is 16.0 Å². The molecule has 0 saturated heterocycles. The smallest absolute Gasteiger partial charge is 0.321 e. The van der Waals surface area contributed by atoms with E-state index in [1.54, 1.807) is 0 Å². The second kappa shape index (κ2) is 9.06. The molecule has 0 heterocycles. The van der Waals surface area contributed by atoms with Crippen molar-refractivity contribution in [1.29, 1.82) is 0 Å². The van der Waals surface area contributed by atoms with Crippen LogP contribution >= 0.6 is 0 Å². The highest BCUT2D eigenvalue weighted by Gasteiger charge is 2.26. The number of carbonyl (C=O) groups excluding carboxylic acids is 4. The van der Waals surface area contributed by atoms with Gasteiger partial charge >= 0.3 is 12.0 Å². The predicted molar refractivity (Wildman–Crippen MR) is 88.6 cm³/mol. The molecular formula is C17H19F2N3O5. The van der Waals surface area contributed by atoms with Crippen molar-refractivity contribution in [2.75, 3.05) is 6.54 Å². The molecule has 4 amide bonds. The number of hydrogen-bond acceptors (Lipinski definition) is 5. The van der Waals surface area contributed by atoms with Crippen molar-refractivity contribution < 1.29 is 32.7 Å². The molecular weight excluding hydrogens is 364 g/mol. The summed E-state index contributed by atoms with van der Waals surface area (Å²) < 4.78 is 31.1. The van der Waals surface area contributed by atoms with E-state index in [0.717, 1.165) is 25.0 Å². The highest BCUT2D eigenvalue weighted by Crippen LogP contribution is 2.18. The molecule has 146 valence electrons. The second-order valence-electron chi connectivity index (χ2n) is 6.00. The van der Waals surface area contributed by atoms with Crippen LogP contribution in [-0.4, -0.2) is 42.5 Å². The lowest BCUT2D eigenvalue weighted by Gasteiger charge is -2.13. The first kappa shape index (κ1) is 20.3. The monoisotopic (exact) mass is 383 g/mol. The van der Waals surface area contributed by atoms with Crippen LogP contribution in [0.4, 0.5) is 13.6 Å². The number of hydrogen-bond donors (Lipinski definition) is 3. The fraction of sp³-hybridized carbons (Fsp3) is 0.412. The van der Waals surface area contributed by atoms with E-state index in [4.69, 9.17) is 4.74 Å². The summed E-state index contributed by atoms with van der Waals surface area (Å²) in [5.74, 6) is -4.22. The second-order valence-corrected chi connectivity index (χ2v) is 6.00. The van der Waals surface area contributed by atoms with Crippen molar-refractivity contribution >= 4 is 23.8 Å². The molecule has 3 N–H and O–H groups in total. The van der Waals surface area contributed by atoms with Gasteiger partial charge < -0.3 is 15.4 Å². The molecule has 1 aliphatic rings. The lowest BCUT2D eigenvalue weighted by atomic mass is 10.2. The number of amides is 4. The number of urea groups is 1. The molecule has 1 atom stereocenters. The summed E-state index contributed by atoms with van der Waals surface area (Å²) in [6.07, 6.45) is 0.243. The standard InChI is InChI=1S/C17H19F2N3O5/c1-9(15(24)22-17(26)21-11-3-4-11)27-14(23)6-7-20-16(25)12-5-2-10(18)8-13(12)19/h2,5,8-9,11H,3-4,6-7H2,1H3,(H,20,25)(H2,21,22,24,26). The van der Waals surface area contributed by atoms with Gasteiger partial charge in [0.05, 0.1) is 12.0 Å². The molecule has 1 aromatic rings. The number of halogens is 2. The first-order valence-corrected chi connectivity index (χ1v) is 8.30. The number of imide groups is 1. The van der Waals surface area contributed by atoms with E-state index in [9.17, 15) is 28.0 Å². The average molecular weight is 383 g/mol. The number of carbonyl (C=O) groups is 4. The molecule has 0 radical (unpaired) electrons. The summed E-state index contributed by atoms with van der Waals surface area (Å²) >= 11 is 0. The lowest BCUT2D eigenvalue weighted by Crippen LogP contribution is -2.45. The minimum absolute atomic E-state index is 0.0743. The quantitative estimate of drug-likeness (QED) is 0.608. The number of esters is 1. The maximum atomic E-state index is 13.5. The Morgan fingerprint density at radius 2 is 1.93 bits per heavy atom. The van der Waals surface area contributed by atoms with Gasteiger partial charge in [-0.1, -0.05) is 0 Å². The van der Waals surface area contributed by atoms with Crippen LogP contribution < -0.4 is 16.0 Å². The van der Waals surface area contributed by atoms with Crippen molar-refractivity contribution in [2.24, 2.45) is 0 Å². The molecule has 10 heteroatoms. The Kier molecular flexibility index (Phi) is 6.80. The molecule has 0 spiro atoms. The first-order valence-electron chi connectivity index (χ1n) is 8.30. The van der Waals surface area contributed by atoms with E-state index < -0.39 is 41.6 Å². The van der Waals surface area contributed by atoms with Gasteiger partial charge in [-0.2, -0.15) is 0 Å². The van der Waals surface area contributed by atoms with Gasteiger partial charge in [0, 0.05) is 18.7 Å². The summed E-state index contributed by atoms with van der Waals surface area (Å²) in [6.45, 7) is 1.12. The van der Waals surface area contributed by atoms with E-state index in [1.807, 2.05) is 0 Å². The van der Waals surface area contributed by atoms with Crippen LogP contribution in [0.2, 0.25) is 0 Å². The van der Waals surface area contributed by atoms with Crippen molar-refractivity contribution in [3.63, 3.8) is 0 Å². The van der Waals surface area contributed by atoms with E-state index in [0.29, 0.717) is 6.07 Å². The summed E-state index contributed by atoms with van der Waals surface area (Å²) in [6, 6.07) is 1.91. The number of nitrogens with one attached hydrogen (secondary N) is 3. The number of rotatable bonds is 7. The third kappa shape index (κ3) is 6.65. The molecule has 1 aromatic carbocycles. The summed E-state index contributed by atoms with van der Waals surface area (Å²) in [5, 5.41) is 6.89. The van der Waals surface area contributed by atoms with Gasteiger partial charge in [-0.15, -0.1) is 0 Å². The average Bonchev–Trinajstić information content (AvgIpc) is 3.38. The van der Waals surface area contributed by atoms with E-state index in [-0.39, 0.29) is 24.6 Å². The van der Waals surface area contributed by atoms with Gasteiger partial charge in [-0.3, -0.25) is 19.7 Å². The number of benzene rings is 1. The van der Waals surface area contributed by atoms with Gasteiger partial charge in [-0.05, 0) is 31.9 Å². The zero-order valence-electron chi connectivity index (χ0n) is 14.5. The van der Waals surface area contributed by atoms with Crippen molar-refractivity contribution in [2.45, 2.75) is 38.3 Å². The normalized spacial score (nSPS) is 14.0. The Bertz CT molecular complexity index is 752. The van der Waals surface area contributed by atoms with Crippen LogP contribution in [0, 0.1) is 11.6 Å². The van der Waals surface area contributed by atoms with Crippen molar-refractivity contribution in [3.8, 4) is 0 Å². The molecule has 2 rings (SSSR count). The third-order valence-corrected chi connectivity index (χ3v) is 3.62. The van der Waals surface area contributed by atoms with Crippen LogP contribution in [0.1, 0.15) is 36.5 Å². The van der Waals surface area contributed by atoms with Crippen LogP contribution in [0.25, 0.3) is 0 Å². The zero-order valence-corrected chi connectivity index (χ0v) is 14.5. The van der Waals surface area contributed by atoms with Crippen molar-refractivity contribution in [3.05, 3.63) is 35.4 Å². The van der Waals surface area contributed by atoms with Gasteiger partial charge in [0.25, 0.3) is 11.8 Å². The molecule has 1 unspecified atom stereocenters. The third-order valence-electron chi connectivity index (χ3n) is 3.62.